The van der Waals surface area contributed by atoms with Crippen LogP contribution in [-0.4, -0.2) is 22.7 Å². The molecule has 0 fully saturated rings. The van der Waals surface area contributed by atoms with Gasteiger partial charge in [0.1, 0.15) is 12.4 Å². The van der Waals surface area contributed by atoms with E-state index in [2.05, 4.69) is 17.2 Å². The topological polar surface area (TPSA) is 69.6 Å². The Hall–Kier alpha value is -2.29. The van der Waals surface area contributed by atoms with E-state index in [-0.39, 0.29) is 18.3 Å². The van der Waals surface area contributed by atoms with Gasteiger partial charge in [-0.15, -0.1) is 11.3 Å². The van der Waals surface area contributed by atoms with E-state index in [0.717, 1.165) is 10.4 Å². The van der Waals surface area contributed by atoms with Crippen molar-refractivity contribution in [2.75, 3.05) is 6.61 Å². The van der Waals surface area contributed by atoms with Crippen molar-refractivity contribution in [3.05, 3.63) is 51.7 Å². The van der Waals surface area contributed by atoms with E-state index < -0.39 is 0 Å². The molecule has 102 valence electrons. The Morgan fingerprint density at radius 1 is 1.35 bits per heavy atom. The summed E-state index contributed by atoms with van der Waals surface area (Å²) in [4.78, 5) is 12.8. The highest BCUT2D eigenvalue weighted by Gasteiger charge is 2.06. The number of carbonyl (C=O) groups excluding carboxylic acids is 1. The first-order valence-corrected chi connectivity index (χ1v) is 6.81. The highest BCUT2D eigenvalue weighted by Crippen LogP contribution is 2.14. The van der Waals surface area contributed by atoms with E-state index in [1.807, 2.05) is 11.4 Å². The number of aromatic hydroxyl groups is 1. The van der Waals surface area contributed by atoms with Gasteiger partial charge in [-0.2, -0.15) is 0 Å². The number of benzene rings is 1. The third-order valence-corrected chi connectivity index (χ3v) is 3.43. The molecule has 5 heteroatoms. The number of hydrogen-bond donors (Lipinski definition) is 3. The summed E-state index contributed by atoms with van der Waals surface area (Å²) in [6.45, 7) is 0.235. The predicted molar refractivity (Wildman–Crippen MR) is 77.6 cm³/mol. The Kier molecular flexibility index (Phi) is 4.77. The van der Waals surface area contributed by atoms with Crippen molar-refractivity contribution in [2.45, 2.75) is 6.54 Å². The van der Waals surface area contributed by atoms with Gasteiger partial charge < -0.3 is 15.5 Å². The van der Waals surface area contributed by atoms with Crippen molar-refractivity contribution in [1.29, 1.82) is 0 Å². The molecule has 0 unspecified atom stereocenters. The lowest BCUT2D eigenvalue weighted by atomic mass is 10.2. The zero-order valence-corrected chi connectivity index (χ0v) is 11.4. The lowest BCUT2D eigenvalue weighted by molar-refractivity contribution is 0.0951. The van der Waals surface area contributed by atoms with Crippen LogP contribution in [0.15, 0.2) is 35.7 Å². The number of rotatable bonds is 3. The van der Waals surface area contributed by atoms with Crippen molar-refractivity contribution in [3.8, 4) is 17.6 Å². The molecule has 20 heavy (non-hydrogen) atoms. The summed E-state index contributed by atoms with van der Waals surface area (Å²) in [6, 6.07) is 8.07. The number of amides is 1. The summed E-state index contributed by atoms with van der Waals surface area (Å²) in [5.74, 6) is 5.20. The number of phenolic OH excluding ortho intramolecular Hbond substituents is 1. The summed E-state index contributed by atoms with van der Waals surface area (Å²) in [5.41, 5.74) is 1.24. The zero-order valence-electron chi connectivity index (χ0n) is 10.6. The average Bonchev–Trinajstić information content (AvgIpc) is 2.90. The maximum atomic E-state index is 11.9. The van der Waals surface area contributed by atoms with Crippen LogP contribution in [-0.2, 0) is 6.54 Å². The quantitative estimate of drug-likeness (QED) is 0.753. The lowest BCUT2D eigenvalue weighted by Gasteiger charge is -2.03. The molecule has 0 bridgehead atoms. The molecule has 3 N–H and O–H groups in total. The number of phenols is 1. The van der Waals surface area contributed by atoms with Gasteiger partial charge in [-0.05, 0) is 24.3 Å². The summed E-state index contributed by atoms with van der Waals surface area (Å²) >= 11 is 1.49. The Morgan fingerprint density at radius 2 is 2.20 bits per heavy atom. The summed E-state index contributed by atoms with van der Waals surface area (Å²) in [6.07, 6.45) is 0. The fourth-order valence-electron chi connectivity index (χ4n) is 1.60. The molecule has 1 heterocycles. The maximum Gasteiger partial charge on any atom is 0.251 e. The van der Waals surface area contributed by atoms with E-state index >= 15 is 0 Å². The van der Waals surface area contributed by atoms with Gasteiger partial charge in [-0.25, -0.2) is 0 Å². The molecule has 1 amide bonds. The maximum absolute atomic E-state index is 11.9. The molecule has 4 nitrogen and oxygen atoms in total. The molecule has 0 aliphatic heterocycles. The molecule has 2 aromatic rings. The van der Waals surface area contributed by atoms with Gasteiger partial charge in [-0.3, -0.25) is 4.79 Å². The van der Waals surface area contributed by atoms with Crippen LogP contribution in [0.2, 0.25) is 0 Å². The smallest absolute Gasteiger partial charge is 0.251 e. The predicted octanol–water partition coefficient (Wildman–Crippen LogP) is 1.73. The van der Waals surface area contributed by atoms with Crippen LogP contribution < -0.4 is 5.32 Å². The average molecular weight is 287 g/mol. The lowest BCUT2D eigenvalue weighted by Crippen LogP contribution is -2.22. The molecule has 0 atom stereocenters. The standard InChI is InChI=1S/C15H13NO3S/c17-6-2-3-11-7-14(20-10-11)9-16-15(19)12-4-1-5-13(18)8-12/h1,4-5,7-8,10,17-18H,6,9H2,(H,16,19). The minimum atomic E-state index is -0.239. The minimum absolute atomic E-state index is 0.0651. The highest BCUT2D eigenvalue weighted by atomic mass is 32.1. The van der Waals surface area contributed by atoms with Gasteiger partial charge in [0.15, 0.2) is 0 Å². The van der Waals surface area contributed by atoms with Gasteiger partial charge in [0.2, 0.25) is 0 Å². The van der Waals surface area contributed by atoms with Crippen LogP contribution in [0.3, 0.4) is 0 Å². The summed E-state index contributed by atoms with van der Waals surface area (Å²) < 4.78 is 0. The number of hydrogen-bond acceptors (Lipinski definition) is 4. The number of carbonyl (C=O) groups is 1. The number of thiophene rings is 1. The first-order valence-electron chi connectivity index (χ1n) is 5.93. The van der Waals surface area contributed by atoms with Crippen LogP contribution in [0.1, 0.15) is 20.8 Å². The molecule has 1 aromatic heterocycles. The SMILES string of the molecule is O=C(NCc1cc(C#CCO)cs1)c1cccc(O)c1. The molecular weight excluding hydrogens is 274 g/mol. The van der Waals surface area contributed by atoms with Crippen LogP contribution >= 0.6 is 11.3 Å². The number of aliphatic hydroxyl groups excluding tert-OH is 1. The molecule has 0 saturated heterocycles. The normalized spacial score (nSPS) is 9.65. The second kappa shape index (κ2) is 6.75. The molecule has 0 spiro atoms. The monoisotopic (exact) mass is 287 g/mol. The Balaban J connectivity index is 1.95. The van der Waals surface area contributed by atoms with E-state index in [9.17, 15) is 9.90 Å². The molecule has 0 aliphatic carbocycles. The van der Waals surface area contributed by atoms with Crippen LogP contribution in [0, 0.1) is 11.8 Å². The van der Waals surface area contributed by atoms with Crippen molar-refractivity contribution >= 4 is 17.2 Å². The van der Waals surface area contributed by atoms with E-state index in [4.69, 9.17) is 5.11 Å². The Bertz CT molecular complexity index is 667. The third kappa shape index (κ3) is 3.85. The van der Waals surface area contributed by atoms with Crippen LogP contribution in [0.4, 0.5) is 0 Å². The van der Waals surface area contributed by atoms with Gasteiger partial charge in [0.25, 0.3) is 5.91 Å². The molecule has 0 saturated carbocycles. The van der Waals surface area contributed by atoms with Crippen molar-refractivity contribution in [2.24, 2.45) is 0 Å². The van der Waals surface area contributed by atoms with Crippen molar-refractivity contribution in [1.82, 2.24) is 5.32 Å². The Morgan fingerprint density at radius 3 is 2.95 bits per heavy atom. The molecule has 2 rings (SSSR count). The Labute approximate surface area is 120 Å². The van der Waals surface area contributed by atoms with Gasteiger partial charge >= 0.3 is 0 Å². The van der Waals surface area contributed by atoms with Crippen LogP contribution in [0.25, 0.3) is 0 Å². The van der Waals surface area contributed by atoms with Gasteiger partial charge in [-0.1, -0.05) is 17.9 Å². The van der Waals surface area contributed by atoms with E-state index in [1.165, 1.54) is 23.5 Å². The molecule has 0 radical (unpaired) electrons. The summed E-state index contributed by atoms with van der Waals surface area (Å²) in [7, 11) is 0. The van der Waals surface area contributed by atoms with E-state index in [0.29, 0.717) is 12.1 Å². The first kappa shape index (κ1) is 14.1. The third-order valence-electron chi connectivity index (χ3n) is 2.50. The van der Waals surface area contributed by atoms with Gasteiger partial charge in [0, 0.05) is 21.4 Å². The second-order valence-electron chi connectivity index (χ2n) is 3.99. The van der Waals surface area contributed by atoms with Crippen molar-refractivity contribution in [3.63, 3.8) is 0 Å². The first-order chi connectivity index (χ1) is 9.69. The van der Waals surface area contributed by atoms with E-state index in [1.54, 1.807) is 12.1 Å². The fraction of sp³-hybridized carbons (Fsp3) is 0.133. The largest absolute Gasteiger partial charge is 0.508 e. The van der Waals surface area contributed by atoms with Crippen LogP contribution in [0.5, 0.6) is 5.75 Å². The second-order valence-corrected chi connectivity index (χ2v) is 4.99. The number of aliphatic hydroxyl groups is 1. The highest BCUT2D eigenvalue weighted by molar-refractivity contribution is 7.10. The summed E-state index contributed by atoms with van der Waals surface area (Å²) in [5, 5.41) is 22.6. The minimum Gasteiger partial charge on any atom is -0.508 e. The van der Waals surface area contributed by atoms with Gasteiger partial charge in [0.05, 0.1) is 6.54 Å². The van der Waals surface area contributed by atoms with Crippen molar-refractivity contribution < 1.29 is 15.0 Å². The molecule has 1 aromatic carbocycles. The zero-order chi connectivity index (χ0) is 14.4. The fourth-order valence-corrected chi connectivity index (χ4v) is 2.35. The molecule has 0 aliphatic rings. The number of nitrogens with one attached hydrogen (secondary N) is 1. The molecular formula is C15H13NO3S.